The van der Waals surface area contributed by atoms with Gasteiger partial charge in [-0.3, -0.25) is 19.3 Å². The maximum absolute atomic E-state index is 12.6. The van der Waals surface area contributed by atoms with Gasteiger partial charge in [0.05, 0.1) is 12.0 Å². The molecule has 0 saturated carbocycles. The number of amides is 2. The average Bonchev–Trinajstić information content (AvgIpc) is 3.12. The minimum absolute atomic E-state index is 0.106. The molecule has 2 aliphatic rings. The van der Waals surface area contributed by atoms with E-state index in [2.05, 4.69) is 0 Å². The molecule has 1 fully saturated rings. The molecule has 1 saturated heterocycles. The Hall–Kier alpha value is -2.68. The highest BCUT2D eigenvalue weighted by Gasteiger charge is 2.37. The van der Waals surface area contributed by atoms with Crippen molar-refractivity contribution in [1.29, 1.82) is 0 Å². The van der Waals surface area contributed by atoms with Crippen molar-refractivity contribution >= 4 is 35.0 Å². The van der Waals surface area contributed by atoms with Crippen molar-refractivity contribution in [2.24, 2.45) is 0 Å². The molecule has 144 valence electrons. The molecule has 2 amide bonds. The van der Waals surface area contributed by atoms with E-state index in [0.29, 0.717) is 22.8 Å². The van der Waals surface area contributed by atoms with Gasteiger partial charge >= 0.3 is 5.97 Å². The van der Waals surface area contributed by atoms with Crippen LogP contribution >= 0.6 is 11.8 Å². The fourth-order valence-corrected chi connectivity index (χ4v) is 3.34. The van der Waals surface area contributed by atoms with E-state index in [4.69, 9.17) is 18.9 Å². The van der Waals surface area contributed by atoms with Crippen molar-refractivity contribution < 1.29 is 33.3 Å². The molecule has 0 N–H and O–H groups in total. The number of benzene rings is 1. The first-order valence-electron chi connectivity index (χ1n) is 8.13. The van der Waals surface area contributed by atoms with Crippen LogP contribution in [0.25, 0.3) is 6.08 Å². The van der Waals surface area contributed by atoms with E-state index in [-0.39, 0.29) is 11.7 Å². The molecule has 2 aliphatic heterocycles. The van der Waals surface area contributed by atoms with E-state index in [9.17, 15) is 14.4 Å². The Morgan fingerprint density at radius 1 is 1.26 bits per heavy atom. The fourth-order valence-electron chi connectivity index (χ4n) is 2.51. The van der Waals surface area contributed by atoms with Crippen molar-refractivity contribution in [2.45, 2.75) is 26.4 Å². The van der Waals surface area contributed by atoms with Crippen LogP contribution in [0.2, 0.25) is 0 Å². The minimum atomic E-state index is -0.700. The fraction of sp³-hybridized carbons (Fsp3) is 0.389. The topological polar surface area (TPSA) is 91.4 Å². The van der Waals surface area contributed by atoms with Gasteiger partial charge in [-0.25, -0.2) is 0 Å². The van der Waals surface area contributed by atoms with Gasteiger partial charge in [-0.05, 0) is 44.7 Å². The molecule has 0 atom stereocenters. The number of fused-ring (bicyclic) bond motifs is 1. The molecule has 0 aromatic heterocycles. The van der Waals surface area contributed by atoms with E-state index in [1.807, 2.05) is 0 Å². The van der Waals surface area contributed by atoms with E-state index in [1.165, 1.54) is 13.2 Å². The van der Waals surface area contributed by atoms with Crippen LogP contribution in [-0.4, -0.2) is 48.1 Å². The monoisotopic (exact) mass is 393 g/mol. The number of carbonyl (C=O) groups is 3. The zero-order valence-corrected chi connectivity index (χ0v) is 16.2. The second-order valence-electron chi connectivity index (χ2n) is 6.80. The zero-order valence-electron chi connectivity index (χ0n) is 15.4. The molecule has 3 rings (SSSR count). The summed E-state index contributed by atoms with van der Waals surface area (Å²) in [4.78, 5) is 37.7. The predicted molar refractivity (Wildman–Crippen MR) is 97.6 cm³/mol. The van der Waals surface area contributed by atoms with Crippen LogP contribution in [-0.2, 0) is 14.3 Å². The van der Waals surface area contributed by atoms with Gasteiger partial charge in [0.2, 0.25) is 6.79 Å². The molecule has 2 heterocycles. The molecule has 27 heavy (non-hydrogen) atoms. The molecule has 0 bridgehead atoms. The number of carbonyl (C=O) groups excluding carboxylic acids is 3. The summed E-state index contributed by atoms with van der Waals surface area (Å²) in [5, 5.41) is -0.531. The third kappa shape index (κ3) is 4.19. The smallest absolute Gasteiger partial charge is 0.326 e. The number of ether oxygens (including phenoxy) is 4. The third-order valence-corrected chi connectivity index (χ3v) is 4.50. The standard InChI is InChI=1S/C18H19NO7S/c1-18(2,3)26-15(20)8-19-16(21)14(27-17(19)22)6-10-5-12-13(25-9-24-12)7-11(10)23-4/h5-7H,8-9H2,1-4H3/b14-6+. The van der Waals surface area contributed by atoms with Crippen LogP contribution in [0.3, 0.4) is 0 Å². The largest absolute Gasteiger partial charge is 0.496 e. The highest BCUT2D eigenvalue weighted by atomic mass is 32.2. The Kier molecular flexibility index (Phi) is 5.05. The van der Waals surface area contributed by atoms with Gasteiger partial charge in [-0.2, -0.15) is 0 Å². The second-order valence-corrected chi connectivity index (χ2v) is 7.79. The lowest BCUT2D eigenvalue weighted by molar-refractivity contribution is -0.156. The normalized spacial score (nSPS) is 17.6. The molecule has 1 aromatic carbocycles. The van der Waals surface area contributed by atoms with Gasteiger partial charge in [0.15, 0.2) is 11.5 Å². The Morgan fingerprint density at radius 3 is 2.56 bits per heavy atom. The number of hydrogen-bond acceptors (Lipinski definition) is 8. The Bertz CT molecular complexity index is 841. The number of methoxy groups -OCH3 is 1. The maximum Gasteiger partial charge on any atom is 0.326 e. The molecule has 0 aliphatic carbocycles. The quantitative estimate of drug-likeness (QED) is 0.570. The third-order valence-electron chi connectivity index (χ3n) is 3.59. The molecule has 0 radical (unpaired) electrons. The summed E-state index contributed by atoms with van der Waals surface area (Å²) < 4.78 is 21.1. The number of nitrogens with zero attached hydrogens (tertiary/aromatic N) is 1. The van der Waals surface area contributed by atoms with Crippen molar-refractivity contribution in [2.75, 3.05) is 20.4 Å². The van der Waals surface area contributed by atoms with Crippen molar-refractivity contribution in [3.8, 4) is 17.2 Å². The summed E-state index contributed by atoms with van der Waals surface area (Å²) in [5.74, 6) is 0.331. The van der Waals surface area contributed by atoms with Crippen molar-refractivity contribution in [1.82, 2.24) is 4.90 Å². The van der Waals surface area contributed by atoms with E-state index in [0.717, 1.165) is 16.7 Å². The molecular formula is C18H19NO7S. The highest BCUT2D eigenvalue weighted by Crippen LogP contribution is 2.40. The van der Waals surface area contributed by atoms with Gasteiger partial charge < -0.3 is 18.9 Å². The average molecular weight is 393 g/mol. The van der Waals surface area contributed by atoms with Crippen molar-refractivity contribution in [3.63, 3.8) is 0 Å². The van der Waals surface area contributed by atoms with Crippen LogP contribution in [0.15, 0.2) is 17.0 Å². The number of rotatable bonds is 4. The number of esters is 1. The molecule has 9 heteroatoms. The van der Waals surface area contributed by atoms with E-state index >= 15 is 0 Å². The number of hydrogen-bond donors (Lipinski definition) is 0. The predicted octanol–water partition coefficient (Wildman–Crippen LogP) is 2.80. The van der Waals surface area contributed by atoms with Crippen LogP contribution in [0, 0.1) is 0 Å². The minimum Gasteiger partial charge on any atom is -0.496 e. The summed E-state index contributed by atoms with van der Waals surface area (Å²) in [6.07, 6.45) is 1.53. The van der Waals surface area contributed by atoms with Crippen molar-refractivity contribution in [3.05, 3.63) is 22.6 Å². The first kappa shape index (κ1) is 19.1. The number of imide groups is 1. The molecule has 0 spiro atoms. The van der Waals surface area contributed by atoms with E-state index in [1.54, 1.807) is 32.9 Å². The van der Waals surface area contributed by atoms with Crippen LogP contribution in [0.4, 0.5) is 4.79 Å². The van der Waals surface area contributed by atoms with Crippen LogP contribution in [0.1, 0.15) is 26.3 Å². The number of thioether (sulfide) groups is 1. The summed E-state index contributed by atoms with van der Waals surface area (Å²) in [5.41, 5.74) is -0.140. The van der Waals surface area contributed by atoms with Gasteiger partial charge in [0.1, 0.15) is 17.9 Å². The van der Waals surface area contributed by atoms with Crippen LogP contribution in [0.5, 0.6) is 17.2 Å². The summed E-state index contributed by atoms with van der Waals surface area (Å²) in [7, 11) is 1.49. The summed E-state index contributed by atoms with van der Waals surface area (Å²) in [6.45, 7) is 4.81. The Balaban J connectivity index is 1.82. The van der Waals surface area contributed by atoms with Gasteiger partial charge in [0.25, 0.3) is 11.1 Å². The van der Waals surface area contributed by atoms with Gasteiger partial charge in [0, 0.05) is 11.6 Å². The molecule has 8 nitrogen and oxygen atoms in total. The lowest BCUT2D eigenvalue weighted by Gasteiger charge is -2.21. The summed E-state index contributed by atoms with van der Waals surface area (Å²) >= 11 is 0.752. The Labute approximate surface area is 160 Å². The molecule has 1 aromatic rings. The Morgan fingerprint density at radius 2 is 1.93 bits per heavy atom. The van der Waals surface area contributed by atoms with Gasteiger partial charge in [-0.15, -0.1) is 0 Å². The van der Waals surface area contributed by atoms with E-state index < -0.39 is 29.3 Å². The molecule has 0 unspecified atom stereocenters. The SMILES string of the molecule is COc1cc2c(cc1/C=C1/SC(=O)N(CC(=O)OC(C)(C)C)C1=O)OCO2. The summed E-state index contributed by atoms with van der Waals surface area (Å²) in [6, 6.07) is 3.32. The first-order valence-corrected chi connectivity index (χ1v) is 8.94. The van der Waals surface area contributed by atoms with Gasteiger partial charge in [-0.1, -0.05) is 0 Å². The zero-order chi connectivity index (χ0) is 19.8. The lowest BCUT2D eigenvalue weighted by atomic mass is 10.1. The second kappa shape index (κ2) is 7.15. The lowest BCUT2D eigenvalue weighted by Crippen LogP contribution is -2.37. The van der Waals surface area contributed by atoms with Crippen LogP contribution < -0.4 is 14.2 Å². The first-order chi connectivity index (χ1) is 12.7. The molecular weight excluding hydrogens is 374 g/mol. The highest BCUT2D eigenvalue weighted by molar-refractivity contribution is 8.18. The maximum atomic E-state index is 12.6.